The van der Waals surface area contributed by atoms with Crippen LogP contribution in [0.2, 0.25) is 0 Å². The number of nitrogens with two attached hydrogens (primary N) is 3. The molecule has 4 amide bonds. The predicted molar refractivity (Wildman–Crippen MR) is 237 cm³/mol. The number of nitrogens with zero attached hydrogens (tertiary/aromatic N) is 7. The van der Waals surface area contributed by atoms with Crippen molar-refractivity contribution in [2.45, 2.75) is 53.8 Å². The van der Waals surface area contributed by atoms with Gasteiger partial charge in [0.25, 0.3) is 11.8 Å². The lowest BCUT2D eigenvalue weighted by Crippen LogP contribution is -2.38. The van der Waals surface area contributed by atoms with E-state index in [1.165, 1.54) is 19.3 Å². The summed E-state index contributed by atoms with van der Waals surface area (Å²) in [4.78, 5) is 67.2. The van der Waals surface area contributed by atoms with Gasteiger partial charge in [0.05, 0.1) is 44.7 Å². The molecule has 0 unspecified atom stereocenters. The van der Waals surface area contributed by atoms with Crippen molar-refractivity contribution in [2.24, 2.45) is 22.3 Å². The van der Waals surface area contributed by atoms with Crippen LogP contribution in [0.3, 0.4) is 0 Å². The molecule has 334 valence electrons. The van der Waals surface area contributed by atoms with Gasteiger partial charge in [-0.05, 0) is 70.5 Å². The number of aromatic amines is 1. The average Bonchev–Trinajstić information content (AvgIpc) is 3.94. The Morgan fingerprint density at radius 2 is 1.78 bits per heavy atom. The van der Waals surface area contributed by atoms with E-state index in [9.17, 15) is 19.2 Å². The quantitative estimate of drug-likeness (QED) is 0.0119. The number of methoxy groups -OCH3 is 1. The van der Waals surface area contributed by atoms with Crippen molar-refractivity contribution < 1.29 is 38.0 Å². The second kappa shape index (κ2) is 20.6. The minimum Gasteiger partial charge on any atom is -0.494 e. The number of H-pyrrole nitrogens is 1. The molecule has 0 radical (unpaired) electrons. The van der Waals surface area contributed by atoms with E-state index in [1.54, 1.807) is 51.9 Å². The zero-order valence-corrected chi connectivity index (χ0v) is 36.1. The van der Waals surface area contributed by atoms with Gasteiger partial charge >= 0.3 is 11.9 Å². The van der Waals surface area contributed by atoms with E-state index in [4.69, 9.17) is 36.5 Å². The minimum atomic E-state index is -0.654. The summed E-state index contributed by atoms with van der Waals surface area (Å²) in [6, 6.07) is 7.96. The van der Waals surface area contributed by atoms with Crippen molar-refractivity contribution in [2.75, 3.05) is 63.7 Å². The number of morpholine rings is 1. The zero-order chi connectivity index (χ0) is 45.2. The second-order valence-electron chi connectivity index (χ2n) is 14.7. The van der Waals surface area contributed by atoms with Crippen LogP contribution < -0.4 is 47.4 Å². The summed E-state index contributed by atoms with van der Waals surface area (Å²) in [5.41, 5.74) is 17.7. The highest BCUT2D eigenvalue weighted by molar-refractivity contribution is 6.47. The summed E-state index contributed by atoms with van der Waals surface area (Å²) in [6.07, 6.45) is 5.90. The number of hydrogen-bond donors (Lipinski definition) is 7. The van der Waals surface area contributed by atoms with Gasteiger partial charge in [-0.2, -0.15) is 5.10 Å². The van der Waals surface area contributed by atoms with Gasteiger partial charge in [-0.1, -0.05) is 12.2 Å². The number of hydrazine groups is 1. The van der Waals surface area contributed by atoms with Crippen LogP contribution in [0.15, 0.2) is 59.2 Å². The molecule has 0 spiro atoms. The number of hydrogen-bond acceptors (Lipinski definition) is 13. The van der Waals surface area contributed by atoms with E-state index in [1.807, 2.05) is 26.0 Å². The monoisotopic (exact) mass is 867 g/mol. The Bertz CT molecular complexity index is 2590. The molecule has 63 heavy (non-hydrogen) atoms. The summed E-state index contributed by atoms with van der Waals surface area (Å²) in [7, 11) is 1.46. The summed E-state index contributed by atoms with van der Waals surface area (Å²) < 4.78 is 22.7. The van der Waals surface area contributed by atoms with Gasteiger partial charge < -0.3 is 30.2 Å². The number of benzene rings is 2. The molecule has 0 saturated carbocycles. The van der Waals surface area contributed by atoms with Crippen molar-refractivity contribution in [1.82, 2.24) is 34.6 Å². The third-order valence-corrected chi connectivity index (χ3v) is 10.1. The topological polar surface area (TPSA) is 281 Å². The van der Waals surface area contributed by atoms with Crippen LogP contribution in [0.4, 0.5) is 11.9 Å². The Morgan fingerprint density at radius 3 is 2.46 bits per heavy atom. The predicted octanol–water partition coefficient (Wildman–Crippen LogP) is 1.91. The van der Waals surface area contributed by atoms with Crippen molar-refractivity contribution >= 4 is 63.3 Å². The van der Waals surface area contributed by atoms with E-state index in [0.29, 0.717) is 90.0 Å². The first-order valence-electron chi connectivity index (χ1n) is 20.6. The molecular formula is C42H55N14O7+. The van der Waals surface area contributed by atoms with E-state index in [2.05, 4.69) is 36.0 Å². The minimum absolute atomic E-state index is 0.121. The van der Waals surface area contributed by atoms with Crippen molar-refractivity contribution in [3.05, 3.63) is 76.8 Å². The molecule has 1 saturated heterocycles. The van der Waals surface area contributed by atoms with Crippen molar-refractivity contribution in [3.63, 3.8) is 0 Å². The fourth-order valence-electron chi connectivity index (χ4n) is 7.23. The number of amides is 4. The first-order chi connectivity index (χ1) is 30.3. The lowest BCUT2D eigenvalue weighted by molar-refractivity contribution is -0.646. The summed E-state index contributed by atoms with van der Waals surface area (Å²) in [5.74, 6) is 4.41. The normalized spacial score (nSPS) is 13.8. The van der Waals surface area contributed by atoms with E-state index in [0.717, 1.165) is 19.6 Å². The lowest BCUT2D eigenvalue weighted by Gasteiger charge is -2.26. The zero-order valence-electron chi connectivity index (χ0n) is 36.1. The third kappa shape index (κ3) is 10.7. The number of rotatable bonds is 19. The molecule has 5 aromatic rings. The summed E-state index contributed by atoms with van der Waals surface area (Å²) in [6.45, 7) is 12.5. The molecule has 4 heterocycles. The van der Waals surface area contributed by atoms with Gasteiger partial charge in [0.15, 0.2) is 11.3 Å². The fraction of sp³-hybridized carbons (Fsp3) is 0.381. The maximum atomic E-state index is 13.7. The van der Waals surface area contributed by atoms with Crippen LogP contribution in [0.1, 0.15) is 64.1 Å². The largest absolute Gasteiger partial charge is 0.494 e. The Labute approximate surface area is 363 Å². The molecule has 21 heteroatoms. The molecular weight excluding hydrogens is 813 g/mol. The van der Waals surface area contributed by atoms with Gasteiger partial charge in [-0.3, -0.25) is 39.7 Å². The highest BCUT2D eigenvalue weighted by Crippen LogP contribution is 2.31. The Balaban J connectivity index is 1.39. The highest BCUT2D eigenvalue weighted by Gasteiger charge is 2.27. The average molecular weight is 868 g/mol. The molecule has 3 aromatic heterocycles. The number of nitrogens with one attached hydrogen (secondary N) is 4. The molecule has 1 aliphatic heterocycles. The van der Waals surface area contributed by atoms with Crippen LogP contribution in [0.25, 0.3) is 22.1 Å². The Hall–Kier alpha value is -7.10. The molecule has 10 N–H and O–H groups in total. The SMILES string of the molecule is CCN=C(/C=C(/C)N)C(=O)Nc1[nH]c2cc(C(N)=O)cc(OCCCN3CCOCC3)c2[n+]1C/C=C/Cn1c(NC(=O)c2cc(C)nn2CC)nc2cc(C(=O)NN)cc(OC)c21. The Kier molecular flexibility index (Phi) is 14.9. The number of imidazole rings is 2. The first-order valence-corrected chi connectivity index (χ1v) is 20.6. The number of allylic oxidation sites excluding steroid dienone is 3. The number of aryl methyl sites for hydroxylation is 2. The molecule has 2 aromatic carbocycles. The number of aliphatic imine (C=N–C) groups is 1. The number of fused-ring (bicyclic) bond motifs is 2. The van der Waals surface area contributed by atoms with Crippen LogP contribution in [-0.4, -0.2) is 112 Å². The number of aromatic nitrogens is 6. The molecule has 0 bridgehead atoms. The van der Waals surface area contributed by atoms with Gasteiger partial charge in [0, 0.05) is 56.1 Å². The van der Waals surface area contributed by atoms with Crippen molar-refractivity contribution in [1.29, 1.82) is 0 Å². The summed E-state index contributed by atoms with van der Waals surface area (Å²) in [5, 5.41) is 10.3. The molecule has 0 aliphatic carbocycles. The number of ether oxygens (including phenoxy) is 3. The standard InChI is InChI=1S/C42H54N14O7/c1-6-46-31(19-25(3)43)39(59)49-41-47-29-21-27(37(44)57)23-34(63-16-10-11-53-14-17-62-18-15-53)36(29)55(41)13-9-8-12-54-35-30(22-28(38(58)51-45)24-33(35)61-5)48-42(54)50-40(60)32-20-26(4)52-56(32)7-2/h8-9,19-24H,6-7,10-18H2,1-5H3,(H9,43,44,45,46,47,48,49,50,51,52,57,58,59,60)/p+1/b9-8+. The van der Waals surface area contributed by atoms with E-state index in [-0.39, 0.29) is 41.8 Å². The molecule has 0 atom stereocenters. The molecule has 6 rings (SSSR count). The van der Waals surface area contributed by atoms with Crippen LogP contribution in [0, 0.1) is 6.92 Å². The maximum Gasteiger partial charge on any atom is 0.363 e. The van der Waals surface area contributed by atoms with Gasteiger partial charge in [-0.15, -0.1) is 0 Å². The molecule has 21 nitrogen and oxygen atoms in total. The highest BCUT2D eigenvalue weighted by atomic mass is 16.5. The Morgan fingerprint density at radius 1 is 1.02 bits per heavy atom. The van der Waals surface area contributed by atoms with Crippen molar-refractivity contribution in [3.8, 4) is 11.5 Å². The number of nitrogen functional groups attached to an aromatic ring is 1. The van der Waals surface area contributed by atoms with E-state index >= 15 is 0 Å². The number of carbonyl (C=O) groups is 4. The van der Waals surface area contributed by atoms with Crippen LogP contribution >= 0.6 is 0 Å². The first kappa shape index (κ1) is 45.4. The molecule has 1 aliphatic rings. The number of anilines is 2. The third-order valence-electron chi connectivity index (χ3n) is 10.1. The maximum absolute atomic E-state index is 13.7. The summed E-state index contributed by atoms with van der Waals surface area (Å²) >= 11 is 0. The van der Waals surface area contributed by atoms with Gasteiger partial charge in [-0.25, -0.2) is 30.5 Å². The smallest absolute Gasteiger partial charge is 0.363 e. The fourth-order valence-corrected chi connectivity index (χ4v) is 7.23. The van der Waals surface area contributed by atoms with Gasteiger partial charge in [0.2, 0.25) is 11.9 Å². The lowest BCUT2D eigenvalue weighted by atomic mass is 10.1. The molecule has 1 fully saturated rings. The van der Waals surface area contributed by atoms with Crippen LogP contribution in [-0.2, 0) is 29.2 Å². The number of carbonyl (C=O) groups excluding carboxylic acids is 4. The number of primary amides is 1. The van der Waals surface area contributed by atoms with E-state index < -0.39 is 23.6 Å². The second-order valence-corrected chi connectivity index (χ2v) is 14.7. The van der Waals surface area contributed by atoms with Crippen LogP contribution in [0.5, 0.6) is 11.5 Å². The van der Waals surface area contributed by atoms with Gasteiger partial charge in [0.1, 0.15) is 28.2 Å².